The number of aromatic nitrogens is 4. The van der Waals surface area contributed by atoms with Gasteiger partial charge in [-0.2, -0.15) is 18.2 Å². The summed E-state index contributed by atoms with van der Waals surface area (Å²) in [7, 11) is 0. The Bertz CT molecular complexity index is 912. The zero-order valence-corrected chi connectivity index (χ0v) is 14.6. The Morgan fingerprint density at radius 2 is 2.00 bits per heavy atom. The summed E-state index contributed by atoms with van der Waals surface area (Å²) in [4.78, 5) is 6.45. The van der Waals surface area contributed by atoms with E-state index in [0.717, 1.165) is 16.4 Å². The Morgan fingerprint density at radius 1 is 1.22 bits per heavy atom. The summed E-state index contributed by atoms with van der Waals surface area (Å²) in [6, 6.07) is 5.15. The largest absolute Gasteiger partial charge is 0.404 e. The number of nitrogens with zero attached hydrogens (tertiary/aromatic N) is 5. The molecule has 27 heavy (non-hydrogen) atoms. The number of benzene rings is 1. The third-order valence-corrected chi connectivity index (χ3v) is 5.26. The molecule has 0 radical (unpaired) electrons. The van der Waals surface area contributed by atoms with E-state index in [1.165, 1.54) is 30.5 Å². The molecule has 1 atom stereocenters. The molecule has 1 fully saturated rings. The average Bonchev–Trinajstić information content (AvgIpc) is 3.35. The molecule has 6 nitrogen and oxygen atoms in total. The average molecular weight is 399 g/mol. The molecule has 1 aliphatic rings. The van der Waals surface area contributed by atoms with Crippen molar-refractivity contribution in [1.82, 2.24) is 24.6 Å². The Balaban J connectivity index is 1.63. The van der Waals surface area contributed by atoms with Gasteiger partial charge >= 0.3 is 6.18 Å². The van der Waals surface area contributed by atoms with Crippen LogP contribution in [-0.4, -0.2) is 43.9 Å². The third kappa shape index (κ3) is 3.32. The molecular formula is C16H13F4N5OS. The monoisotopic (exact) mass is 399 g/mol. The van der Waals surface area contributed by atoms with Crippen LogP contribution < -0.4 is 0 Å². The molecule has 3 heterocycles. The summed E-state index contributed by atoms with van der Waals surface area (Å²) >= 11 is 1.15. The van der Waals surface area contributed by atoms with E-state index in [1.807, 2.05) is 0 Å². The summed E-state index contributed by atoms with van der Waals surface area (Å²) in [6.45, 7) is 0.263. The Morgan fingerprint density at radius 3 is 2.67 bits per heavy atom. The topological polar surface area (TPSA) is 67.9 Å². The minimum Gasteiger partial charge on any atom is -0.338 e. The molecule has 3 aromatic rings. The second-order valence-electron chi connectivity index (χ2n) is 6.35. The van der Waals surface area contributed by atoms with Gasteiger partial charge in [0, 0.05) is 18.7 Å². The highest BCUT2D eigenvalue weighted by Crippen LogP contribution is 2.47. The molecule has 0 aliphatic carbocycles. The van der Waals surface area contributed by atoms with Gasteiger partial charge in [0.05, 0.1) is 11.1 Å². The van der Waals surface area contributed by atoms with Crippen molar-refractivity contribution in [3.05, 3.63) is 47.0 Å². The van der Waals surface area contributed by atoms with E-state index >= 15 is 0 Å². The summed E-state index contributed by atoms with van der Waals surface area (Å²) < 4.78 is 63.8. The molecule has 142 valence electrons. The van der Waals surface area contributed by atoms with Gasteiger partial charge in [0.25, 0.3) is 0 Å². The lowest BCUT2D eigenvalue weighted by atomic mass is 9.86. The molecule has 1 aromatic carbocycles. The number of rotatable bonds is 4. The number of alkyl halides is 3. The van der Waals surface area contributed by atoms with Crippen LogP contribution in [0, 0.1) is 5.82 Å². The molecule has 0 amide bonds. The second-order valence-corrected chi connectivity index (χ2v) is 7.22. The van der Waals surface area contributed by atoms with Gasteiger partial charge in [-0.1, -0.05) is 9.64 Å². The Hall–Kier alpha value is -2.40. The van der Waals surface area contributed by atoms with E-state index in [0.29, 0.717) is 12.1 Å². The summed E-state index contributed by atoms with van der Waals surface area (Å²) in [5.74, 6) is -0.934. The van der Waals surface area contributed by atoms with Crippen molar-refractivity contribution >= 4 is 11.5 Å². The van der Waals surface area contributed by atoms with Crippen molar-refractivity contribution in [2.75, 3.05) is 13.1 Å². The van der Waals surface area contributed by atoms with E-state index in [2.05, 4.69) is 19.7 Å². The molecule has 0 bridgehead atoms. The van der Waals surface area contributed by atoms with Crippen LogP contribution >= 0.6 is 11.5 Å². The summed E-state index contributed by atoms with van der Waals surface area (Å²) in [5, 5.41) is 7.38. The molecule has 0 N–H and O–H groups in total. The molecule has 0 saturated carbocycles. The van der Waals surface area contributed by atoms with Crippen molar-refractivity contribution in [3.63, 3.8) is 0 Å². The van der Waals surface area contributed by atoms with E-state index in [9.17, 15) is 17.6 Å². The quantitative estimate of drug-likeness (QED) is 0.626. The first-order valence-electron chi connectivity index (χ1n) is 8.03. The lowest BCUT2D eigenvalue weighted by molar-refractivity contribution is -0.193. The minimum absolute atomic E-state index is 0.00117. The summed E-state index contributed by atoms with van der Waals surface area (Å²) in [6.07, 6.45) is -3.20. The highest BCUT2D eigenvalue weighted by Gasteiger charge is 2.62. The van der Waals surface area contributed by atoms with Crippen molar-refractivity contribution < 1.29 is 22.1 Å². The molecule has 2 aromatic heterocycles. The number of likely N-dealkylation sites (tertiary alicyclic amines) is 1. The van der Waals surface area contributed by atoms with Crippen molar-refractivity contribution in [2.24, 2.45) is 0 Å². The van der Waals surface area contributed by atoms with Crippen molar-refractivity contribution in [1.29, 1.82) is 0 Å². The van der Waals surface area contributed by atoms with Gasteiger partial charge in [-0.15, -0.1) is 5.10 Å². The lowest BCUT2D eigenvalue weighted by Gasteiger charge is -2.28. The third-order valence-electron chi connectivity index (χ3n) is 4.62. The van der Waals surface area contributed by atoms with Crippen LogP contribution in [0.1, 0.15) is 17.2 Å². The Labute approximate surface area is 155 Å². The first kappa shape index (κ1) is 18.0. The molecular weight excluding hydrogens is 386 g/mol. The van der Waals surface area contributed by atoms with Gasteiger partial charge in [-0.25, -0.2) is 4.39 Å². The molecule has 1 saturated heterocycles. The molecule has 11 heteroatoms. The van der Waals surface area contributed by atoms with Crippen LogP contribution in [0.5, 0.6) is 0 Å². The van der Waals surface area contributed by atoms with Crippen LogP contribution in [-0.2, 0) is 12.0 Å². The Kier molecular flexibility index (Phi) is 4.42. The van der Waals surface area contributed by atoms with Gasteiger partial charge in [0.15, 0.2) is 5.41 Å². The highest BCUT2D eigenvalue weighted by molar-refractivity contribution is 7.05. The van der Waals surface area contributed by atoms with E-state index in [4.69, 9.17) is 4.52 Å². The first-order chi connectivity index (χ1) is 12.9. The maximum atomic E-state index is 14.0. The molecule has 0 spiro atoms. The van der Waals surface area contributed by atoms with E-state index < -0.39 is 23.3 Å². The van der Waals surface area contributed by atoms with E-state index in [-0.39, 0.29) is 25.3 Å². The van der Waals surface area contributed by atoms with Gasteiger partial charge in [0.1, 0.15) is 5.82 Å². The van der Waals surface area contributed by atoms with Gasteiger partial charge < -0.3 is 4.52 Å². The highest BCUT2D eigenvalue weighted by atomic mass is 32.1. The standard InChI is InChI=1S/C16H13F4N5OS/c17-11-3-1-10(2-4-11)13-22-14(26-23-13)15(16(18,19)20)5-6-25(9-15)8-12-7-21-24-27-12/h1-4,7H,5-6,8-9H2. The van der Waals surface area contributed by atoms with Gasteiger partial charge in [-0.3, -0.25) is 4.90 Å². The van der Waals surface area contributed by atoms with Gasteiger partial charge in [0.2, 0.25) is 11.7 Å². The number of hydrogen-bond donors (Lipinski definition) is 0. The van der Waals surface area contributed by atoms with E-state index in [1.54, 1.807) is 4.90 Å². The minimum atomic E-state index is -4.56. The zero-order chi connectivity index (χ0) is 19.1. The maximum absolute atomic E-state index is 14.0. The number of hydrogen-bond acceptors (Lipinski definition) is 7. The van der Waals surface area contributed by atoms with Gasteiger partial charge in [-0.05, 0) is 48.8 Å². The van der Waals surface area contributed by atoms with Crippen LogP contribution in [0.4, 0.5) is 17.6 Å². The lowest BCUT2D eigenvalue weighted by Crippen LogP contribution is -2.45. The summed E-state index contributed by atoms with van der Waals surface area (Å²) in [5.41, 5.74) is -1.86. The maximum Gasteiger partial charge on any atom is 0.404 e. The number of halogens is 4. The fourth-order valence-corrected chi connectivity index (χ4v) is 3.70. The SMILES string of the molecule is Fc1ccc(-c2noc(C3(C(F)(F)F)CCN(Cc4cnns4)C3)n2)cc1. The zero-order valence-electron chi connectivity index (χ0n) is 13.8. The molecule has 1 unspecified atom stereocenters. The van der Waals surface area contributed by atoms with Crippen LogP contribution in [0.3, 0.4) is 0 Å². The van der Waals surface area contributed by atoms with Crippen molar-refractivity contribution in [2.45, 2.75) is 24.6 Å². The molecule has 4 rings (SSSR count). The van der Waals surface area contributed by atoms with Crippen LogP contribution in [0.15, 0.2) is 35.0 Å². The normalized spacial score (nSPS) is 21.0. The van der Waals surface area contributed by atoms with Crippen LogP contribution in [0.25, 0.3) is 11.4 Å². The van der Waals surface area contributed by atoms with Crippen LogP contribution in [0.2, 0.25) is 0 Å². The molecule has 1 aliphatic heterocycles. The first-order valence-corrected chi connectivity index (χ1v) is 8.80. The predicted molar refractivity (Wildman–Crippen MR) is 87.2 cm³/mol. The predicted octanol–water partition coefficient (Wildman–Crippen LogP) is 3.43. The van der Waals surface area contributed by atoms with Crippen molar-refractivity contribution in [3.8, 4) is 11.4 Å². The second kappa shape index (κ2) is 6.64. The fourth-order valence-electron chi connectivity index (χ4n) is 3.16. The fraction of sp³-hybridized carbons (Fsp3) is 0.375. The smallest absolute Gasteiger partial charge is 0.338 e.